The number of carbonyl (C=O) groups excluding carboxylic acids is 1. The molecule has 1 saturated carbocycles. The highest BCUT2D eigenvalue weighted by Crippen LogP contribution is 2.27. The number of hydrogen-bond donors (Lipinski definition) is 2. The lowest BCUT2D eigenvalue weighted by Crippen LogP contribution is -2.38. The molecule has 37 heavy (non-hydrogen) atoms. The van der Waals surface area contributed by atoms with Crippen LogP contribution in [-0.4, -0.2) is 43.4 Å². The summed E-state index contributed by atoms with van der Waals surface area (Å²) in [6.07, 6.45) is 11.0. The van der Waals surface area contributed by atoms with Crippen molar-refractivity contribution in [1.29, 1.82) is 0 Å². The Labute approximate surface area is 227 Å². The molecule has 1 aliphatic carbocycles. The van der Waals surface area contributed by atoms with E-state index in [-0.39, 0.29) is 22.0 Å². The van der Waals surface area contributed by atoms with Crippen molar-refractivity contribution < 1.29 is 17.9 Å². The molecule has 2 N–H and O–H groups in total. The number of nitrogens with one attached hydrogen (secondary N) is 2. The Morgan fingerprint density at radius 1 is 0.973 bits per heavy atom. The van der Waals surface area contributed by atoms with Gasteiger partial charge in [0.1, 0.15) is 5.75 Å². The molecule has 0 saturated heterocycles. The van der Waals surface area contributed by atoms with Crippen molar-refractivity contribution in [2.24, 2.45) is 0 Å². The Hall–Kier alpha value is -2.49. The number of nitrogens with zero attached hydrogens (tertiary/aromatic N) is 1. The summed E-state index contributed by atoms with van der Waals surface area (Å²) >= 11 is 5.28. The van der Waals surface area contributed by atoms with Crippen LogP contribution in [0.2, 0.25) is 0 Å². The number of thiocarbonyl (C=S) groups is 1. The number of anilines is 1. The standard InChI is InChI=1S/C28H39N3O4S2/c1-3-4-5-6-10-21-35-25-17-13-22(14-18-25)27(32)30-28(36)29-23-15-19-26(20-16-23)37(33,34)31(2)24-11-8-7-9-12-24/h13-20,24H,3-12,21H2,1-2H3,(H2,29,30,32,36). The topological polar surface area (TPSA) is 87.7 Å². The third-order valence-electron chi connectivity index (χ3n) is 6.74. The van der Waals surface area contributed by atoms with Gasteiger partial charge < -0.3 is 10.1 Å². The minimum Gasteiger partial charge on any atom is -0.494 e. The molecule has 0 unspecified atom stereocenters. The molecule has 0 radical (unpaired) electrons. The number of amides is 1. The highest BCUT2D eigenvalue weighted by atomic mass is 32.2. The highest BCUT2D eigenvalue weighted by Gasteiger charge is 2.28. The number of rotatable bonds is 12. The molecule has 0 bridgehead atoms. The van der Waals surface area contributed by atoms with E-state index in [1.165, 1.54) is 30.0 Å². The maximum Gasteiger partial charge on any atom is 0.257 e. The first-order chi connectivity index (χ1) is 17.8. The molecule has 0 spiro atoms. The van der Waals surface area contributed by atoms with Gasteiger partial charge >= 0.3 is 0 Å². The quantitative estimate of drug-likeness (QED) is 0.247. The fourth-order valence-electron chi connectivity index (χ4n) is 4.45. The average molecular weight is 546 g/mol. The van der Waals surface area contributed by atoms with Crippen molar-refractivity contribution in [1.82, 2.24) is 9.62 Å². The number of sulfonamides is 1. The molecule has 9 heteroatoms. The molecule has 2 aromatic carbocycles. The largest absolute Gasteiger partial charge is 0.494 e. The van der Waals surface area contributed by atoms with Gasteiger partial charge in [0, 0.05) is 24.3 Å². The van der Waals surface area contributed by atoms with Crippen LogP contribution in [0, 0.1) is 0 Å². The van der Waals surface area contributed by atoms with Crippen LogP contribution < -0.4 is 15.4 Å². The van der Waals surface area contributed by atoms with Crippen LogP contribution >= 0.6 is 12.2 Å². The lowest BCUT2D eigenvalue weighted by atomic mass is 9.96. The Kier molecular flexibility index (Phi) is 11.4. The second kappa shape index (κ2) is 14.4. The predicted molar refractivity (Wildman–Crippen MR) is 153 cm³/mol. The van der Waals surface area contributed by atoms with E-state index >= 15 is 0 Å². The van der Waals surface area contributed by atoms with Gasteiger partial charge in [0.2, 0.25) is 10.0 Å². The van der Waals surface area contributed by atoms with Gasteiger partial charge in [-0.25, -0.2) is 8.42 Å². The number of hydrogen-bond acceptors (Lipinski definition) is 5. The van der Waals surface area contributed by atoms with Crippen molar-refractivity contribution >= 4 is 38.9 Å². The van der Waals surface area contributed by atoms with Gasteiger partial charge in [0.25, 0.3) is 5.91 Å². The van der Waals surface area contributed by atoms with Crippen molar-refractivity contribution in [3.8, 4) is 5.75 Å². The molecule has 1 fully saturated rings. The number of unbranched alkanes of at least 4 members (excludes halogenated alkanes) is 4. The van der Waals surface area contributed by atoms with Gasteiger partial charge in [-0.05, 0) is 80.0 Å². The first-order valence-electron chi connectivity index (χ1n) is 13.2. The molecule has 3 rings (SSSR count). The van der Waals surface area contributed by atoms with Crippen molar-refractivity contribution in [3.63, 3.8) is 0 Å². The molecule has 0 heterocycles. The monoisotopic (exact) mass is 545 g/mol. The minimum absolute atomic E-state index is 0.0514. The predicted octanol–water partition coefficient (Wildman–Crippen LogP) is 6.12. The molecule has 0 atom stereocenters. The second-order valence-electron chi connectivity index (χ2n) is 9.53. The van der Waals surface area contributed by atoms with Gasteiger partial charge in [-0.15, -0.1) is 0 Å². The molecule has 202 valence electrons. The summed E-state index contributed by atoms with van der Waals surface area (Å²) in [5.74, 6) is 0.397. The van der Waals surface area contributed by atoms with Gasteiger partial charge in [-0.2, -0.15) is 4.31 Å². The van der Waals surface area contributed by atoms with Crippen molar-refractivity contribution in [2.75, 3.05) is 19.0 Å². The van der Waals surface area contributed by atoms with E-state index in [1.54, 1.807) is 55.6 Å². The fourth-order valence-corrected chi connectivity index (χ4v) is 6.08. The van der Waals surface area contributed by atoms with E-state index < -0.39 is 10.0 Å². The van der Waals surface area contributed by atoms with Gasteiger partial charge in [-0.1, -0.05) is 51.9 Å². The van der Waals surface area contributed by atoms with E-state index in [4.69, 9.17) is 17.0 Å². The summed E-state index contributed by atoms with van der Waals surface area (Å²) in [4.78, 5) is 12.8. The number of benzene rings is 2. The van der Waals surface area contributed by atoms with Crippen LogP contribution in [0.15, 0.2) is 53.4 Å². The van der Waals surface area contributed by atoms with Crippen molar-refractivity contribution in [3.05, 3.63) is 54.1 Å². The maximum absolute atomic E-state index is 13.0. The first kappa shape index (κ1) is 29.1. The minimum atomic E-state index is -3.56. The zero-order valence-corrected chi connectivity index (χ0v) is 23.5. The molecule has 1 aliphatic rings. The third-order valence-corrected chi connectivity index (χ3v) is 8.87. The van der Waals surface area contributed by atoms with E-state index in [2.05, 4.69) is 17.6 Å². The van der Waals surface area contributed by atoms with E-state index in [0.717, 1.165) is 44.3 Å². The smallest absolute Gasteiger partial charge is 0.257 e. The van der Waals surface area contributed by atoms with E-state index in [1.807, 2.05) is 0 Å². The fraction of sp³-hybridized carbons (Fsp3) is 0.500. The Morgan fingerprint density at radius 3 is 2.27 bits per heavy atom. The highest BCUT2D eigenvalue weighted by molar-refractivity contribution is 7.89. The molecule has 0 aliphatic heterocycles. The van der Waals surface area contributed by atoms with Crippen LogP contribution in [0.4, 0.5) is 5.69 Å². The molecular weight excluding hydrogens is 506 g/mol. The summed E-state index contributed by atoms with van der Waals surface area (Å²) < 4.78 is 33.3. The SMILES string of the molecule is CCCCCCCOc1ccc(C(=O)NC(=S)Nc2ccc(S(=O)(=O)N(C)C3CCCCC3)cc2)cc1. The zero-order chi connectivity index (χ0) is 26.7. The molecule has 2 aromatic rings. The van der Waals surface area contributed by atoms with Crippen LogP contribution in [0.5, 0.6) is 5.75 Å². The zero-order valence-electron chi connectivity index (χ0n) is 21.9. The lowest BCUT2D eigenvalue weighted by Gasteiger charge is -2.30. The van der Waals surface area contributed by atoms with E-state index in [9.17, 15) is 13.2 Å². The van der Waals surface area contributed by atoms with Crippen LogP contribution in [0.1, 0.15) is 81.5 Å². The van der Waals surface area contributed by atoms with Crippen molar-refractivity contribution in [2.45, 2.75) is 82.1 Å². The third kappa shape index (κ3) is 8.79. The van der Waals surface area contributed by atoms with Gasteiger partial charge in [0.05, 0.1) is 11.5 Å². The molecular formula is C28H39N3O4S2. The normalized spacial score (nSPS) is 14.4. The maximum atomic E-state index is 13.0. The Morgan fingerprint density at radius 2 is 1.62 bits per heavy atom. The summed E-state index contributed by atoms with van der Waals surface area (Å²) in [6.45, 7) is 2.86. The average Bonchev–Trinajstić information content (AvgIpc) is 2.91. The molecule has 0 aromatic heterocycles. The lowest BCUT2D eigenvalue weighted by molar-refractivity contribution is 0.0977. The summed E-state index contributed by atoms with van der Waals surface area (Å²) in [7, 11) is -1.90. The van der Waals surface area contributed by atoms with Crippen LogP contribution in [-0.2, 0) is 10.0 Å². The van der Waals surface area contributed by atoms with Gasteiger partial charge in [-0.3, -0.25) is 10.1 Å². The summed E-state index contributed by atoms with van der Waals surface area (Å²) in [5.41, 5.74) is 1.05. The molecule has 7 nitrogen and oxygen atoms in total. The number of carbonyl (C=O) groups is 1. The first-order valence-corrected chi connectivity index (χ1v) is 15.1. The Balaban J connectivity index is 1.47. The van der Waals surface area contributed by atoms with Gasteiger partial charge in [0.15, 0.2) is 5.11 Å². The Bertz CT molecular complexity index is 1110. The summed E-state index contributed by atoms with van der Waals surface area (Å²) in [5, 5.41) is 5.73. The van der Waals surface area contributed by atoms with E-state index in [0.29, 0.717) is 17.9 Å². The second-order valence-corrected chi connectivity index (χ2v) is 11.9. The number of ether oxygens (including phenoxy) is 1. The summed E-state index contributed by atoms with van der Waals surface area (Å²) in [6, 6.07) is 13.4. The molecule has 1 amide bonds. The van der Waals surface area contributed by atoms with Crippen LogP contribution in [0.25, 0.3) is 0 Å². The van der Waals surface area contributed by atoms with Crippen LogP contribution in [0.3, 0.4) is 0 Å².